The largest absolute Gasteiger partial charge is 0.466 e. The molecule has 8 aliphatic rings. The zero-order valence-corrected chi connectivity index (χ0v) is 78.3. The maximum absolute atomic E-state index is 13.8. The predicted molar refractivity (Wildman–Crippen MR) is 490 cm³/mol. The average Bonchev–Trinajstić information content (AvgIpc) is 1.54. The number of rotatable bonds is 26. The number of hydrogen-bond acceptors (Lipinski definition) is 36. The van der Waals surface area contributed by atoms with Crippen LogP contribution in [0.4, 0.5) is 13.2 Å². The fourth-order valence-electron chi connectivity index (χ4n) is 15.1. The normalized spacial score (nSPS) is 21.7. The smallest absolute Gasteiger partial charge is 0.338 e. The Morgan fingerprint density at radius 3 is 0.962 bits per heavy atom. The van der Waals surface area contributed by atoms with E-state index in [1.165, 1.54) is 108 Å². The zero-order chi connectivity index (χ0) is 92.1. The summed E-state index contributed by atoms with van der Waals surface area (Å²) in [6, 6.07) is 13.5. The lowest BCUT2D eigenvalue weighted by molar-refractivity contribution is -0.139. The second-order valence-corrected chi connectivity index (χ2v) is 35.6. The van der Waals surface area contributed by atoms with E-state index in [1.807, 2.05) is 31.3 Å². The SMILES string of the molecule is CCOC(=O)C1=C(CN2CCOC[C@@H]2CO)NC(c2nccs2)=NC1c1ccc(Cl)cc1Cl.CCOC(=O)C1=C(CN2CCOC[C@@H]2CO)NC(c2nccs2)=NC1c1ccc(F)cc1Cl.COC(=O)C1=C(CN2CCOC[C@@H]2CO)NC(c2nccs2)=NC1c1ccc(F)cc1Br.COC(=O)C1=C(CN2CCOC[C@@H]2CO)NC(c2nccs2)=NC1c1ccc(F)cc1Cl. The molecule has 16 rings (SSSR count). The standard InChI is InChI=1S/C22H24Cl2N4O4S.C22H24ClFN4O4S.C21H22BrFN4O4S.C21H22ClFN4O4S/c1-2-32-22(30)18-17(10-28-6-7-31-12-14(28)11-29)26-20(21-25-5-8-33-21)27-19(18)15-4-3-13(23)9-16(15)24;1-2-32-22(30)18-17(10-28-6-7-31-12-14(28)11-29)26-20(21-25-5-8-33-21)27-19(18)15-4-3-13(24)9-16(15)23;2*1-30-21(29)17-16(9-27-5-6-31-11-13(27)10-28)25-19(20-24-4-7-32-20)26-18(17)14-3-2-12(23)8-15(14)22/h2*3-5,8-9,14,19,29H,2,6-7,10-12H2,1H3,(H,26,27);2*2-4,7-8,13,18,28H,5-6,9-11H2,1H3,(H,25,26)/t2*14-,19?;2*13-,18?/m0000/s1. The quantitative estimate of drug-likeness (QED) is 0.0184. The molecule has 4 unspecified atom stereocenters. The lowest BCUT2D eigenvalue weighted by Gasteiger charge is -2.37. The van der Waals surface area contributed by atoms with Crippen LogP contribution in [-0.4, -0.2) is 290 Å². The van der Waals surface area contributed by atoms with Crippen LogP contribution in [0.25, 0.3) is 0 Å². The Hall–Kier alpha value is -8.93. The van der Waals surface area contributed by atoms with E-state index >= 15 is 0 Å². The van der Waals surface area contributed by atoms with Gasteiger partial charge in [0, 0.05) is 163 Å². The van der Waals surface area contributed by atoms with Crippen LogP contribution < -0.4 is 21.3 Å². The van der Waals surface area contributed by atoms with Gasteiger partial charge in [0.05, 0.1) is 153 Å². The second kappa shape index (κ2) is 47.6. The molecule has 130 heavy (non-hydrogen) atoms. The lowest BCUT2D eigenvalue weighted by atomic mass is 9.95. The summed E-state index contributed by atoms with van der Waals surface area (Å²) in [6.07, 6.45) is 6.70. The first-order chi connectivity index (χ1) is 63.0. The fourth-order valence-corrected chi connectivity index (χ4v) is 19.1. The first-order valence-corrected chi connectivity index (χ1v) is 46.8. The van der Waals surface area contributed by atoms with Crippen LogP contribution in [0.3, 0.4) is 0 Å². The molecule has 4 aromatic heterocycles. The molecule has 44 heteroatoms. The Kier molecular flexibility index (Phi) is 36.1. The summed E-state index contributed by atoms with van der Waals surface area (Å²) in [6.45, 7) is 11.0. The molecular formula is C86H92BrCl4F3N16O16S4. The van der Waals surface area contributed by atoms with E-state index in [0.29, 0.717) is 219 Å². The summed E-state index contributed by atoms with van der Waals surface area (Å²) >= 11 is 34.5. The molecule has 0 bridgehead atoms. The molecule has 32 nitrogen and oxygen atoms in total. The molecular weight excluding hydrogens is 1920 g/mol. The molecule has 0 amide bonds. The highest BCUT2D eigenvalue weighted by Gasteiger charge is 2.42. The van der Waals surface area contributed by atoms with Crippen LogP contribution in [0.5, 0.6) is 0 Å². The predicted octanol–water partition coefficient (Wildman–Crippen LogP) is 9.99. The Labute approximate surface area is 790 Å². The van der Waals surface area contributed by atoms with Crippen molar-refractivity contribution in [3.05, 3.63) is 248 Å². The number of benzene rings is 4. The van der Waals surface area contributed by atoms with Gasteiger partial charge >= 0.3 is 23.9 Å². The Balaban J connectivity index is 0.000000148. The molecule has 8 aromatic rings. The number of aromatic nitrogens is 4. The number of halogens is 8. The van der Waals surface area contributed by atoms with E-state index in [-0.39, 0.29) is 85.0 Å². The molecule has 0 radical (unpaired) electrons. The maximum Gasteiger partial charge on any atom is 0.338 e. The van der Waals surface area contributed by atoms with Crippen molar-refractivity contribution in [1.82, 2.24) is 60.8 Å². The van der Waals surface area contributed by atoms with E-state index in [9.17, 15) is 52.8 Å². The van der Waals surface area contributed by atoms with Gasteiger partial charge in [-0.25, -0.2) is 52.3 Å². The van der Waals surface area contributed by atoms with E-state index < -0.39 is 65.5 Å². The van der Waals surface area contributed by atoms with Gasteiger partial charge in [0.1, 0.15) is 41.6 Å². The third-order valence-electron chi connectivity index (χ3n) is 21.6. The number of esters is 4. The molecule has 8 N–H and O–H groups in total. The van der Waals surface area contributed by atoms with E-state index in [4.69, 9.17) is 104 Å². The number of aliphatic imine (C=N–C) groups is 4. The van der Waals surface area contributed by atoms with Crippen molar-refractivity contribution in [2.75, 3.05) is 159 Å². The van der Waals surface area contributed by atoms with Crippen LogP contribution in [0, 0.1) is 17.5 Å². The number of nitrogens with zero attached hydrogens (tertiary/aromatic N) is 12. The van der Waals surface area contributed by atoms with Gasteiger partial charge in [-0.3, -0.25) is 39.6 Å². The number of aliphatic hydroxyl groups excluding tert-OH is 4. The molecule has 0 spiro atoms. The Bertz CT molecular complexity index is 5220. The Morgan fingerprint density at radius 2 is 0.700 bits per heavy atom. The third kappa shape index (κ3) is 24.4. The van der Waals surface area contributed by atoms with Gasteiger partial charge in [-0.05, 0) is 67.9 Å². The number of morpholine rings is 4. The molecule has 4 fully saturated rings. The summed E-state index contributed by atoms with van der Waals surface area (Å²) in [5, 5.41) is 63.4. The van der Waals surface area contributed by atoms with E-state index in [2.05, 4.69) is 66.9 Å². The van der Waals surface area contributed by atoms with Crippen molar-refractivity contribution in [2.45, 2.75) is 62.2 Å². The summed E-state index contributed by atoms with van der Waals surface area (Å²) in [7, 11) is 2.61. The number of nitrogens with one attached hydrogen (secondary N) is 4. The zero-order valence-electron chi connectivity index (χ0n) is 70.4. The van der Waals surface area contributed by atoms with Crippen LogP contribution in [0.2, 0.25) is 20.1 Å². The summed E-state index contributed by atoms with van der Waals surface area (Å²) < 4.78 is 84.7. The number of carbonyl (C=O) groups excluding carboxylic acids is 4. The minimum absolute atomic E-state index is 0.0537. The highest BCUT2D eigenvalue weighted by Crippen LogP contribution is 2.43. The minimum atomic E-state index is -0.820. The molecule has 8 atom stereocenters. The highest BCUT2D eigenvalue weighted by molar-refractivity contribution is 9.10. The molecule has 8 aliphatic heterocycles. The van der Waals surface area contributed by atoms with Crippen molar-refractivity contribution < 1.29 is 90.7 Å². The lowest BCUT2D eigenvalue weighted by Crippen LogP contribution is -2.50. The molecule has 0 saturated carbocycles. The van der Waals surface area contributed by atoms with Gasteiger partial charge in [-0.2, -0.15) is 0 Å². The summed E-state index contributed by atoms with van der Waals surface area (Å²) in [5.74, 6) is -1.50. The first-order valence-electron chi connectivity index (χ1n) is 41.0. The molecule has 0 aliphatic carbocycles. The van der Waals surface area contributed by atoms with E-state index in [1.54, 1.807) is 62.9 Å². The van der Waals surface area contributed by atoms with Gasteiger partial charge in [0.25, 0.3) is 0 Å². The number of methoxy groups -OCH3 is 2. The topological polar surface area (TPSA) is 385 Å². The van der Waals surface area contributed by atoms with Crippen molar-refractivity contribution in [3.63, 3.8) is 0 Å². The molecule has 4 saturated heterocycles. The number of ether oxygens (including phenoxy) is 8. The summed E-state index contributed by atoms with van der Waals surface area (Å²) in [4.78, 5) is 96.8. The number of amidine groups is 4. The van der Waals surface area contributed by atoms with Crippen LogP contribution in [0.15, 0.2) is 189 Å². The van der Waals surface area contributed by atoms with Crippen molar-refractivity contribution in [1.29, 1.82) is 0 Å². The van der Waals surface area contributed by atoms with Gasteiger partial charge in [-0.1, -0.05) is 86.6 Å². The van der Waals surface area contributed by atoms with Gasteiger partial charge < -0.3 is 79.6 Å². The van der Waals surface area contributed by atoms with Crippen LogP contribution >= 0.6 is 108 Å². The highest BCUT2D eigenvalue weighted by atomic mass is 79.9. The number of carbonyl (C=O) groups is 4. The minimum Gasteiger partial charge on any atom is -0.466 e. The van der Waals surface area contributed by atoms with Crippen molar-refractivity contribution in [2.24, 2.45) is 20.0 Å². The summed E-state index contributed by atoms with van der Waals surface area (Å²) in [5.41, 5.74) is 5.81. The maximum atomic E-state index is 13.8. The number of hydrogen-bond donors (Lipinski definition) is 8. The third-order valence-corrected chi connectivity index (χ3v) is 26.6. The molecule has 12 heterocycles. The number of thiazole rings is 4. The van der Waals surface area contributed by atoms with E-state index in [0.717, 1.165) is 0 Å². The first kappa shape index (κ1) is 98.6. The van der Waals surface area contributed by atoms with Crippen LogP contribution in [-0.2, 0) is 57.1 Å². The average molecular weight is 2010 g/mol. The monoisotopic (exact) mass is 2010 g/mol. The Morgan fingerprint density at radius 1 is 0.423 bits per heavy atom. The van der Waals surface area contributed by atoms with Crippen molar-refractivity contribution in [3.8, 4) is 0 Å². The van der Waals surface area contributed by atoms with Gasteiger partial charge in [0.2, 0.25) is 0 Å². The fraction of sp³-hybridized carbons (Fsp3) is 0.395. The van der Waals surface area contributed by atoms with Crippen LogP contribution in [0.1, 0.15) is 80.3 Å². The van der Waals surface area contributed by atoms with Gasteiger partial charge in [0.15, 0.2) is 43.4 Å². The molecule has 692 valence electrons. The van der Waals surface area contributed by atoms with Gasteiger partial charge in [-0.15, -0.1) is 45.3 Å². The second-order valence-electron chi connectivity index (χ2n) is 29.6. The number of aliphatic hydroxyl groups is 4. The molecule has 4 aromatic carbocycles. The van der Waals surface area contributed by atoms with Crippen molar-refractivity contribution >= 4 is 155 Å².